The summed E-state index contributed by atoms with van der Waals surface area (Å²) in [4.78, 5) is 24.3. The number of hydrogen-bond acceptors (Lipinski definition) is 5. The van der Waals surface area contributed by atoms with E-state index in [-0.39, 0.29) is 12.3 Å². The van der Waals surface area contributed by atoms with Gasteiger partial charge in [-0.25, -0.2) is 4.79 Å². The highest BCUT2D eigenvalue weighted by Gasteiger charge is 2.22. The zero-order valence-electron chi connectivity index (χ0n) is 14.1. The Morgan fingerprint density at radius 3 is 2.22 bits per heavy atom. The number of nitrogens with zero attached hydrogens (tertiary/aromatic N) is 1. The topological polar surface area (TPSA) is 85.3 Å². The van der Waals surface area contributed by atoms with Gasteiger partial charge >= 0.3 is 5.97 Å². The first-order valence-corrected chi connectivity index (χ1v) is 7.13. The Morgan fingerprint density at radius 2 is 1.74 bits per heavy atom. The summed E-state index contributed by atoms with van der Waals surface area (Å²) in [6, 6.07) is 2.67. The highest BCUT2D eigenvalue weighted by molar-refractivity contribution is 5.83. The molecule has 1 rings (SSSR count). The zero-order chi connectivity index (χ0) is 17.6. The molecule has 0 radical (unpaired) electrons. The van der Waals surface area contributed by atoms with E-state index in [0.29, 0.717) is 23.7 Å². The van der Waals surface area contributed by atoms with Gasteiger partial charge in [0.2, 0.25) is 11.7 Å². The van der Waals surface area contributed by atoms with Crippen LogP contribution in [0.2, 0.25) is 0 Å². The monoisotopic (exact) mass is 325 g/mol. The predicted octanol–water partition coefficient (Wildman–Crippen LogP) is 1.58. The fourth-order valence-corrected chi connectivity index (χ4v) is 2.16. The summed E-state index contributed by atoms with van der Waals surface area (Å²) in [5.74, 6) is 0.220. The molecule has 0 spiro atoms. The van der Waals surface area contributed by atoms with Crippen molar-refractivity contribution in [3.8, 4) is 17.2 Å². The number of carboxylic acids is 1. The van der Waals surface area contributed by atoms with E-state index in [1.165, 1.54) is 40.2 Å². The van der Waals surface area contributed by atoms with Crippen LogP contribution in [0.5, 0.6) is 17.2 Å². The van der Waals surface area contributed by atoms with Gasteiger partial charge in [-0.15, -0.1) is 0 Å². The molecule has 0 saturated heterocycles. The van der Waals surface area contributed by atoms with E-state index in [4.69, 9.17) is 19.3 Å². The highest BCUT2D eigenvalue weighted by Crippen LogP contribution is 2.40. The fraction of sp³-hybridized carbons (Fsp3) is 0.500. The SMILES string of the molecule is COc1ccc(CCC(=O)N(C)C(C)C(=O)O)c(OC)c1OC. The third kappa shape index (κ3) is 4.28. The Kier molecular flexibility index (Phi) is 6.68. The first kappa shape index (κ1) is 18.6. The van der Waals surface area contributed by atoms with Gasteiger partial charge in [0.1, 0.15) is 6.04 Å². The third-order valence-corrected chi connectivity index (χ3v) is 3.73. The molecule has 1 amide bonds. The van der Waals surface area contributed by atoms with E-state index in [1.54, 1.807) is 12.1 Å². The second-order valence-corrected chi connectivity index (χ2v) is 5.01. The third-order valence-electron chi connectivity index (χ3n) is 3.73. The molecule has 0 aliphatic heterocycles. The summed E-state index contributed by atoms with van der Waals surface area (Å²) in [7, 11) is 6.04. The van der Waals surface area contributed by atoms with Crippen molar-refractivity contribution >= 4 is 11.9 Å². The molecule has 1 atom stereocenters. The first-order valence-electron chi connectivity index (χ1n) is 7.13. The van der Waals surface area contributed by atoms with Gasteiger partial charge in [-0.05, 0) is 25.0 Å². The highest BCUT2D eigenvalue weighted by atomic mass is 16.5. The number of rotatable bonds is 8. The molecule has 0 aromatic heterocycles. The Bertz CT molecular complexity index is 572. The number of aryl methyl sites for hydroxylation is 1. The van der Waals surface area contributed by atoms with Gasteiger partial charge in [-0.2, -0.15) is 0 Å². The Hall–Kier alpha value is -2.44. The molecule has 1 unspecified atom stereocenters. The maximum absolute atomic E-state index is 12.1. The molecule has 0 saturated carbocycles. The quantitative estimate of drug-likeness (QED) is 0.781. The number of carboxylic acid groups (broad SMARTS) is 1. The molecule has 0 heterocycles. The van der Waals surface area contributed by atoms with Gasteiger partial charge in [-0.3, -0.25) is 4.79 Å². The predicted molar refractivity (Wildman–Crippen MR) is 84.3 cm³/mol. The summed E-state index contributed by atoms with van der Waals surface area (Å²) in [5, 5.41) is 8.95. The van der Waals surface area contributed by atoms with Crippen molar-refractivity contribution in [2.75, 3.05) is 28.4 Å². The van der Waals surface area contributed by atoms with Crippen molar-refractivity contribution in [3.63, 3.8) is 0 Å². The van der Waals surface area contributed by atoms with Crippen LogP contribution >= 0.6 is 0 Å². The molecular formula is C16H23NO6. The summed E-state index contributed by atoms with van der Waals surface area (Å²) < 4.78 is 15.9. The molecule has 1 aromatic rings. The molecule has 0 aliphatic carbocycles. The summed E-state index contributed by atoms with van der Waals surface area (Å²) >= 11 is 0. The summed E-state index contributed by atoms with van der Waals surface area (Å²) in [6.07, 6.45) is 0.568. The lowest BCUT2D eigenvalue weighted by atomic mass is 10.1. The number of hydrogen-bond donors (Lipinski definition) is 1. The van der Waals surface area contributed by atoms with Crippen molar-refractivity contribution in [1.29, 1.82) is 0 Å². The molecule has 7 nitrogen and oxygen atoms in total. The van der Waals surface area contributed by atoms with Gasteiger partial charge in [0.25, 0.3) is 0 Å². The first-order chi connectivity index (χ1) is 10.9. The van der Waals surface area contributed by atoms with Crippen LogP contribution < -0.4 is 14.2 Å². The van der Waals surface area contributed by atoms with Crippen LogP contribution in [0.1, 0.15) is 18.9 Å². The normalized spacial score (nSPS) is 11.5. The van der Waals surface area contributed by atoms with E-state index >= 15 is 0 Å². The van der Waals surface area contributed by atoms with Crippen LogP contribution in [0.4, 0.5) is 0 Å². The largest absolute Gasteiger partial charge is 0.493 e. The number of amides is 1. The van der Waals surface area contributed by atoms with Crippen molar-refractivity contribution in [2.24, 2.45) is 0 Å². The van der Waals surface area contributed by atoms with Crippen LogP contribution in [0.3, 0.4) is 0 Å². The van der Waals surface area contributed by atoms with Crippen LogP contribution in [0.25, 0.3) is 0 Å². The van der Waals surface area contributed by atoms with Gasteiger partial charge in [0.05, 0.1) is 21.3 Å². The molecule has 7 heteroatoms. The molecular weight excluding hydrogens is 302 g/mol. The molecule has 128 valence electrons. The average Bonchev–Trinajstić information content (AvgIpc) is 2.56. The maximum Gasteiger partial charge on any atom is 0.326 e. The average molecular weight is 325 g/mol. The van der Waals surface area contributed by atoms with Gasteiger partial charge < -0.3 is 24.2 Å². The molecule has 23 heavy (non-hydrogen) atoms. The number of likely N-dealkylation sites (N-methyl/N-ethyl adjacent to an activating group) is 1. The minimum atomic E-state index is -1.04. The standard InChI is InChI=1S/C16H23NO6/c1-10(16(19)20)17(2)13(18)9-7-11-6-8-12(21-3)15(23-5)14(11)22-4/h6,8,10H,7,9H2,1-5H3,(H,19,20). The smallest absolute Gasteiger partial charge is 0.326 e. The van der Waals surface area contributed by atoms with E-state index in [0.717, 1.165) is 5.56 Å². The van der Waals surface area contributed by atoms with Crippen LogP contribution in [-0.2, 0) is 16.0 Å². The lowest BCUT2D eigenvalue weighted by molar-refractivity contribution is -0.148. The van der Waals surface area contributed by atoms with Crippen LogP contribution in [-0.4, -0.2) is 56.3 Å². The minimum absolute atomic E-state index is 0.167. The molecule has 1 aromatic carbocycles. The van der Waals surface area contributed by atoms with Gasteiger partial charge in [-0.1, -0.05) is 6.07 Å². The maximum atomic E-state index is 12.1. The van der Waals surface area contributed by atoms with Gasteiger partial charge in [0, 0.05) is 13.5 Å². The number of ether oxygens (including phenoxy) is 3. The zero-order valence-corrected chi connectivity index (χ0v) is 14.1. The van der Waals surface area contributed by atoms with Crippen LogP contribution in [0.15, 0.2) is 12.1 Å². The van der Waals surface area contributed by atoms with E-state index in [2.05, 4.69) is 0 Å². The molecule has 0 aliphatic rings. The number of methoxy groups -OCH3 is 3. The van der Waals surface area contributed by atoms with Crippen molar-refractivity contribution in [1.82, 2.24) is 4.90 Å². The second-order valence-electron chi connectivity index (χ2n) is 5.01. The van der Waals surface area contributed by atoms with E-state index in [9.17, 15) is 9.59 Å². The number of aliphatic carboxylic acids is 1. The summed E-state index contributed by atoms with van der Waals surface area (Å²) in [6.45, 7) is 1.47. The lowest BCUT2D eigenvalue weighted by Crippen LogP contribution is -2.40. The fourth-order valence-electron chi connectivity index (χ4n) is 2.16. The Labute approximate surface area is 135 Å². The molecule has 0 bridgehead atoms. The van der Waals surface area contributed by atoms with Gasteiger partial charge in [0.15, 0.2) is 11.5 Å². The molecule has 0 fully saturated rings. The van der Waals surface area contributed by atoms with Crippen molar-refractivity contribution in [2.45, 2.75) is 25.8 Å². The Morgan fingerprint density at radius 1 is 1.13 bits per heavy atom. The van der Waals surface area contributed by atoms with Crippen molar-refractivity contribution in [3.05, 3.63) is 17.7 Å². The number of benzene rings is 1. The number of carbonyl (C=O) groups is 2. The van der Waals surface area contributed by atoms with E-state index in [1.807, 2.05) is 0 Å². The minimum Gasteiger partial charge on any atom is -0.493 e. The summed E-state index contributed by atoms with van der Waals surface area (Å²) in [5.41, 5.74) is 0.787. The Balaban J connectivity index is 2.89. The molecule has 1 N–H and O–H groups in total. The van der Waals surface area contributed by atoms with Crippen molar-refractivity contribution < 1.29 is 28.9 Å². The second kappa shape index (κ2) is 8.26. The van der Waals surface area contributed by atoms with Crippen LogP contribution in [0, 0.1) is 0 Å². The number of carbonyl (C=O) groups excluding carboxylic acids is 1. The lowest BCUT2D eigenvalue weighted by Gasteiger charge is -2.22. The van der Waals surface area contributed by atoms with E-state index < -0.39 is 12.0 Å².